The highest BCUT2D eigenvalue weighted by Crippen LogP contribution is 2.39. The highest BCUT2D eigenvalue weighted by Gasteiger charge is 2.54. The van der Waals surface area contributed by atoms with Crippen LogP contribution in [-0.4, -0.2) is 59.4 Å². The molecule has 3 aromatic carbocycles. The molecule has 0 saturated carbocycles. The molecule has 7 nitrogen and oxygen atoms in total. The van der Waals surface area contributed by atoms with Gasteiger partial charge in [0.2, 0.25) is 5.91 Å². The Morgan fingerprint density at radius 1 is 0.881 bits per heavy atom. The summed E-state index contributed by atoms with van der Waals surface area (Å²) in [6, 6.07) is 23.7. The second kappa shape index (κ2) is 13.2. The molecular formula is C34H39FN4O3. The lowest BCUT2D eigenvalue weighted by Crippen LogP contribution is -2.57. The van der Waals surface area contributed by atoms with Crippen LogP contribution in [0, 0.1) is 5.82 Å². The van der Waals surface area contributed by atoms with Crippen molar-refractivity contribution in [2.75, 3.05) is 31.2 Å². The highest BCUT2D eigenvalue weighted by atomic mass is 19.1. The Morgan fingerprint density at radius 3 is 2.21 bits per heavy atom. The molecular weight excluding hydrogens is 531 g/mol. The molecule has 5 rings (SSSR count). The quantitative estimate of drug-likeness (QED) is 0.342. The van der Waals surface area contributed by atoms with Crippen LogP contribution < -0.4 is 10.2 Å². The Balaban J connectivity index is 1.25. The highest BCUT2D eigenvalue weighted by molar-refractivity contribution is 5.97. The molecule has 2 aliphatic heterocycles. The van der Waals surface area contributed by atoms with Crippen molar-refractivity contribution in [1.29, 1.82) is 0 Å². The number of hydrogen-bond donors (Lipinski definition) is 1. The van der Waals surface area contributed by atoms with E-state index in [-0.39, 0.29) is 36.6 Å². The maximum Gasteiger partial charge on any atom is 0.253 e. The summed E-state index contributed by atoms with van der Waals surface area (Å²) < 4.78 is 13.2. The largest absolute Gasteiger partial charge is 0.350 e. The van der Waals surface area contributed by atoms with Crippen LogP contribution in [0.1, 0.15) is 60.5 Å². The number of anilines is 1. The molecule has 2 aliphatic rings. The molecule has 0 bridgehead atoms. The van der Waals surface area contributed by atoms with E-state index >= 15 is 0 Å². The summed E-state index contributed by atoms with van der Waals surface area (Å²) in [5.74, 6) is -0.712. The van der Waals surface area contributed by atoms with Gasteiger partial charge in [-0.3, -0.25) is 14.4 Å². The maximum atomic E-state index is 14.0. The van der Waals surface area contributed by atoms with E-state index in [0.29, 0.717) is 38.2 Å². The van der Waals surface area contributed by atoms with Crippen LogP contribution in [0.25, 0.3) is 0 Å². The van der Waals surface area contributed by atoms with E-state index in [0.717, 1.165) is 24.1 Å². The van der Waals surface area contributed by atoms with Gasteiger partial charge in [0, 0.05) is 30.9 Å². The second-order valence-corrected chi connectivity index (χ2v) is 11.3. The Labute approximate surface area is 247 Å². The van der Waals surface area contributed by atoms with Crippen LogP contribution in [-0.2, 0) is 22.6 Å². The molecule has 0 aliphatic carbocycles. The van der Waals surface area contributed by atoms with Gasteiger partial charge in [-0.2, -0.15) is 0 Å². The van der Waals surface area contributed by atoms with Crippen molar-refractivity contribution in [3.05, 3.63) is 101 Å². The zero-order valence-corrected chi connectivity index (χ0v) is 24.2. The van der Waals surface area contributed by atoms with Gasteiger partial charge in [0.1, 0.15) is 17.9 Å². The predicted molar refractivity (Wildman–Crippen MR) is 161 cm³/mol. The van der Waals surface area contributed by atoms with Gasteiger partial charge in [-0.15, -0.1) is 0 Å². The number of piperidine rings is 1. The minimum atomic E-state index is -0.821. The summed E-state index contributed by atoms with van der Waals surface area (Å²) >= 11 is 0. The molecule has 3 amide bonds. The second-order valence-electron chi connectivity index (χ2n) is 11.3. The average Bonchev–Trinajstić information content (AvgIpc) is 3.28. The SMILES string of the molecule is CCCCCc1ccc(C(=O)N2CCC3(CC2)C(=O)N(CC(=O)NCc2ccc(F)cc2)CN3c2ccccc2)cc1. The van der Waals surface area contributed by atoms with Crippen molar-refractivity contribution < 1.29 is 18.8 Å². The van der Waals surface area contributed by atoms with Gasteiger partial charge in [0.05, 0.1) is 6.67 Å². The van der Waals surface area contributed by atoms with Crippen molar-refractivity contribution >= 4 is 23.4 Å². The number of likely N-dealkylation sites (tertiary alicyclic amines) is 1. The fraction of sp³-hybridized carbons (Fsp3) is 0.382. The van der Waals surface area contributed by atoms with E-state index in [1.54, 1.807) is 17.0 Å². The minimum absolute atomic E-state index is 0.0151. The number of hydrogen-bond acceptors (Lipinski definition) is 4. The Kier molecular flexibility index (Phi) is 9.20. The Bertz CT molecular complexity index is 1370. The first-order valence-electron chi connectivity index (χ1n) is 14.9. The number of carbonyl (C=O) groups excluding carboxylic acids is 3. The topological polar surface area (TPSA) is 73.0 Å². The fourth-order valence-corrected chi connectivity index (χ4v) is 6.01. The molecule has 3 aromatic rings. The van der Waals surface area contributed by atoms with Crippen molar-refractivity contribution in [3.8, 4) is 0 Å². The van der Waals surface area contributed by atoms with E-state index in [1.165, 1.54) is 30.5 Å². The zero-order chi connectivity index (χ0) is 29.5. The predicted octanol–water partition coefficient (Wildman–Crippen LogP) is 5.16. The lowest BCUT2D eigenvalue weighted by Gasteiger charge is -2.43. The van der Waals surface area contributed by atoms with Gasteiger partial charge in [-0.25, -0.2) is 4.39 Å². The molecule has 220 valence electrons. The molecule has 0 atom stereocenters. The normalized spacial score (nSPS) is 16.2. The van der Waals surface area contributed by atoms with E-state index in [4.69, 9.17) is 0 Å². The van der Waals surface area contributed by atoms with Crippen LogP contribution in [0.4, 0.5) is 10.1 Å². The van der Waals surface area contributed by atoms with Crippen LogP contribution in [0.5, 0.6) is 0 Å². The molecule has 0 unspecified atom stereocenters. The summed E-state index contributed by atoms with van der Waals surface area (Å²) in [5.41, 5.74) is 2.79. The third kappa shape index (κ3) is 6.48. The smallest absolute Gasteiger partial charge is 0.253 e. The fourth-order valence-electron chi connectivity index (χ4n) is 6.01. The molecule has 1 spiro atoms. The molecule has 2 saturated heterocycles. The minimum Gasteiger partial charge on any atom is -0.350 e. The van der Waals surface area contributed by atoms with Gasteiger partial charge < -0.3 is 20.0 Å². The molecule has 0 aromatic heterocycles. The number of rotatable bonds is 10. The summed E-state index contributed by atoms with van der Waals surface area (Å²) in [6.07, 6.45) is 5.51. The first-order chi connectivity index (χ1) is 20.4. The molecule has 2 heterocycles. The van der Waals surface area contributed by atoms with E-state index in [9.17, 15) is 18.8 Å². The van der Waals surface area contributed by atoms with E-state index in [2.05, 4.69) is 17.1 Å². The average molecular weight is 571 g/mol. The number of para-hydroxylation sites is 1. The van der Waals surface area contributed by atoms with Gasteiger partial charge in [0.25, 0.3) is 11.8 Å². The first kappa shape index (κ1) is 29.3. The van der Waals surface area contributed by atoms with Crippen LogP contribution in [0.15, 0.2) is 78.9 Å². The molecule has 2 fully saturated rings. The summed E-state index contributed by atoms with van der Waals surface area (Å²) in [6.45, 7) is 3.58. The zero-order valence-electron chi connectivity index (χ0n) is 24.2. The van der Waals surface area contributed by atoms with Crippen LogP contribution in [0.2, 0.25) is 0 Å². The third-order valence-corrected chi connectivity index (χ3v) is 8.47. The Morgan fingerprint density at radius 2 is 1.55 bits per heavy atom. The number of unbranched alkanes of at least 4 members (excludes halogenated alkanes) is 2. The number of carbonyl (C=O) groups is 3. The third-order valence-electron chi connectivity index (χ3n) is 8.47. The summed E-state index contributed by atoms with van der Waals surface area (Å²) in [5, 5.41) is 2.84. The number of benzene rings is 3. The lowest BCUT2D eigenvalue weighted by molar-refractivity contribution is -0.137. The Hall–Kier alpha value is -4.20. The van der Waals surface area contributed by atoms with Gasteiger partial charge in [-0.05, 0) is 73.2 Å². The van der Waals surface area contributed by atoms with Gasteiger partial charge in [-0.1, -0.05) is 62.2 Å². The molecule has 8 heteroatoms. The lowest BCUT2D eigenvalue weighted by atomic mass is 9.85. The number of aryl methyl sites for hydroxylation is 1. The molecule has 1 N–H and O–H groups in total. The van der Waals surface area contributed by atoms with E-state index in [1.807, 2.05) is 59.5 Å². The van der Waals surface area contributed by atoms with Crippen molar-refractivity contribution in [2.45, 2.75) is 57.5 Å². The standard InChI is InChI=1S/C34H39FN4O3/c1-2-3-5-8-26-11-15-28(16-12-26)32(41)37-21-19-34(20-22-37)33(42)38(25-39(34)30-9-6-4-7-10-30)24-31(40)36-23-27-13-17-29(35)18-14-27/h4,6-7,9-18H,2-3,5,8,19-25H2,1H3,(H,36,40). The number of nitrogens with zero attached hydrogens (tertiary/aromatic N) is 3. The van der Waals surface area contributed by atoms with Gasteiger partial charge >= 0.3 is 0 Å². The maximum absolute atomic E-state index is 14.0. The first-order valence-corrected chi connectivity index (χ1v) is 14.9. The van der Waals surface area contributed by atoms with Crippen molar-refractivity contribution in [3.63, 3.8) is 0 Å². The molecule has 0 radical (unpaired) electrons. The van der Waals surface area contributed by atoms with Crippen molar-refractivity contribution in [2.24, 2.45) is 0 Å². The van der Waals surface area contributed by atoms with Gasteiger partial charge in [0.15, 0.2) is 0 Å². The van der Waals surface area contributed by atoms with Crippen molar-refractivity contribution in [1.82, 2.24) is 15.1 Å². The van der Waals surface area contributed by atoms with E-state index < -0.39 is 5.54 Å². The monoisotopic (exact) mass is 570 g/mol. The van der Waals surface area contributed by atoms with Crippen LogP contribution >= 0.6 is 0 Å². The number of halogens is 1. The summed E-state index contributed by atoms with van der Waals surface area (Å²) in [4.78, 5) is 45.7. The molecule has 42 heavy (non-hydrogen) atoms. The number of amides is 3. The summed E-state index contributed by atoms with van der Waals surface area (Å²) in [7, 11) is 0. The number of nitrogens with one attached hydrogen (secondary N) is 1. The van der Waals surface area contributed by atoms with Crippen LogP contribution in [0.3, 0.4) is 0 Å².